The molecule has 2 heterocycles. The third kappa shape index (κ3) is 5.14. The lowest BCUT2D eigenvalue weighted by Crippen LogP contribution is -2.43. The molecule has 2 aromatic carbocycles. The predicted octanol–water partition coefficient (Wildman–Crippen LogP) is 2.92. The molecule has 13 heteroatoms. The first-order valence-corrected chi connectivity index (χ1v) is 10.7. The zero-order chi connectivity index (χ0) is 26.2. The first kappa shape index (κ1) is 25.1. The molecule has 4 rings (SSSR count). The molecular weight excluding hydrogens is 491 g/mol. The number of halogens is 5. The Morgan fingerprint density at radius 2 is 1.83 bits per heavy atom. The van der Waals surface area contributed by atoms with E-state index in [9.17, 15) is 36.3 Å². The Morgan fingerprint density at radius 1 is 1.11 bits per heavy atom. The van der Waals surface area contributed by atoms with Gasteiger partial charge in [0, 0.05) is 18.2 Å². The van der Waals surface area contributed by atoms with E-state index in [1.807, 2.05) is 0 Å². The number of nitrogens with zero attached hydrogens (tertiary/aromatic N) is 3. The van der Waals surface area contributed by atoms with Crippen molar-refractivity contribution < 1.29 is 41.1 Å². The summed E-state index contributed by atoms with van der Waals surface area (Å²) in [4.78, 5) is 38.6. The van der Waals surface area contributed by atoms with Crippen molar-refractivity contribution in [2.24, 2.45) is 5.73 Å². The lowest BCUT2D eigenvalue weighted by Gasteiger charge is -2.23. The molecule has 190 valence electrons. The molecule has 2 atom stereocenters. The molecule has 0 unspecified atom stereocenters. The number of alkyl halides is 4. The number of nitrogens with two attached hydrogens (primary N) is 1. The number of likely N-dealkylation sites (tertiary alicyclic amines) is 1. The van der Waals surface area contributed by atoms with Crippen LogP contribution in [0.25, 0.3) is 10.9 Å². The van der Waals surface area contributed by atoms with Crippen LogP contribution in [0, 0.1) is 5.82 Å². The summed E-state index contributed by atoms with van der Waals surface area (Å²) in [5.41, 5.74) is 5.32. The van der Waals surface area contributed by atoms with Crippen LogP contribution in [-0.4, -0.2) is 57.4 Å². The van der Waals surface area contributed by atoms with Crippen molar-refractivity contribution >= 4 is 28.5 Å². The third-order valence-corrected chi connectivity index (χ3v) is 5.75. The lowest BCUT2D eigenvalue weighted by molar-refractivity contribution is -0.275. The molecule has 1 saturated heterocycles. The van der Waals surface area contributed by atoms with Crippen LogP contribution in [0.5, 0.6) is 5.75 Å². The van der Waals surface area contributed by atoms with E-state index in [0.717, 1.165) is 23.1 Å². The van der Waals surface area contributed by atoms with E-state index in [1.54, 1.807) is 24.3 Å². The Bertz CT molecular complexity index is 1340. The SMILES string of the molecule is NC(=O)c1nn(CC(=O)N2C[C@H](F)C[C@H]2C(=O)Cc2cccc(OC(F)(F)F)c2F)c2ccccc12. The molecule has 8 nitrogen and oxygen atoms in total. The Kier molecular flexibility index (Phi) is 6.65. The van der Waals surface area contributed by atoms with Gasteiger partial charge in [-0.1, -0.05) is 30.3 Å². The van der Waals surface area contributed by atoms with E-state index in [4.69, 9.17) is 5.73 Å². The quantitative estimate of drug-likeness (QED) is 0.492. The first-order chi connectivity index (χ1) is 16.9. The maximum Gasteiger partial charge on any atom is 0.573 e. The molecule has 36 heavy (non-hydrogen) atoms. The van der Waals surface area contributed by atoms with E-state index >= 15 is 0 Å². The number of hydrogen-bond acceptors (Lipinski definition) is 5. The van der Waals surface area contributed by atoms with Crippen LogP contribution in [0.4, 0.5) is 22.0 Å². The van der Waals surface area contributed by atoms with Crippen molar-refractivity contribution in [2.45, 2.75) is 38.0 Å². The van der Waals surface area contributed by atoms with Gasteiger partial charge in [-0.3, -0.25) is 19.1 Å². The number of fused-ring (bicyclic) bond motifs is 1. The maximum atomic E-state index is 14.5. The average molecular weight is 510 g/mol. The number of amides is 2. The van der Waals surface area contributed by atoms with Crippen molar-refractivity contribution in [3.63, 3.8) is 0 Å². The highest BCUT2D eigenvalue weighted by molar-refractivity contribution is 6.04. The molecule has 1 fully saturated rings. The second-order valence-electron chi connectivity index (χ2n) is 8.20. The van der Waals surface area contributed by atoms with Gasteiger partial charge in [0.1, 0.15) is 12.7 Å². The number of benzene rings is 2. The standard InChI is InChI=1S/C23H19F5N4O4/c24-13-9-16(17(33)8-12-4-3-7-18(20(12)25)36-23(26,27)28)31(10-13)19(34)11-32-15-6-2-1-5-14(15)21(30-32)22(29)35/h1-7,13,16H,8-11H2,(H2,29,35)/t13-,16+/m1/s1. The summed E-state index contributed by atoms with van der Waals surface area (Å²) in [6.07, 6.45) is -7.70. The number of rotatable bonds is 7. The number of Topliss-reactive ketones (excluding diaryl/α,β-unsaturated/α-hetero) is 1. The topological polar surface area (TPSA) is 108 Å². The van der Waals surface area contributed by atoms with Crippen molar-refractivity contribution in [1.82, 2.24) is 14.7 Å². The van der Waals surface area contributed by atoms with Gasteiger partial charge in [0.15, 0.2) is 23.0 Å². The number of hydrogen-bond donors (Lipinski definition) is 1. The van der Waals surface area contributed by atoms with E-state index in [2.05, 4.69) is 9.84 Å². The normalized spacial score (nSPS) is 18.0. The second kappa shape index (κ2) is 9.55. The zero-order valence-electron chi connectivity index (χ0n) is 18.5. The number of para-hydroxylation sites is 1. The van der Waals surface area contributed by atoms with Gasteiger partial charge in [-0.05, 0) is 17.7 Å². The maximum absolute atomic E-state index is 14.5. The van der Waals surface area contributed by atoms with Crippen molar-refractivity contribution in [1.29, 1.82) is 0 Å². The fourth-order valence-corrected chi connectivity index (χ4v) is 4.22. The highest BCUT2D eigenvalue weighted by Gasteiger charge is 2.40. The molecule has 2 N–H and O–H groups in total. The Morgan fingerprint density at radius 3 is 2.53 bits per heavy atom. The summed E-state index contributed by atoms with van der Waals surface area (Å²) < 4.78 is 71.1. The summed E-state index contributed by atoms with van der Waals surface area (Å²) >= 11 is 0. The van der Waals surface area contributed by atoms with Crippen LogP contribution in [-0.2, 0) is 22.6 Å². The number of ether oxygens (including phenoxy) is 1. The van der Waals surface area contributed by atoms with Crippen molar-refractivity contribution in [3.05, 3.63) is 59.5 Å². The largest absolute Gasteiger partial charge is 0.573 e. The minimum absolute atomic E-state index is 0.0627. The van der Waals surface area contributed by atoms with Crippen LogP contribution in [0.1, 0.15) is 22.5 Å². The van der Waals surface area contributed by atoms with E-state index in [0.29, 0.717) is 10.9 Å². The van der Waals surface area contributed by atoms with Crippen LogP contribution in [0.3, 0.4) is 0 Å². The van der Waals surface area contributed by atoms with Crippen LogP contribution >= 0.6 is 0 Å². The van der Waals surface area contributed by atoms with E-state index in [-0.39, 0.29) is 17.7 Å². The molecule has 2 amide bonds. The average Bonchev–Trinajstić information content (AvgIpc) is 3.37. The zero-order valence-corrected chi connectivity index (χ0v) is 18.5. The highest BCUT2D eigenvalue weighted by Crippen LogP contribution is 2.29. The van der Waals surface area contributed by atoms with Crippen LogP contribution in [0.2, 0.25) is 0 Å². The van der Waals surface area contributed by atoms with Gasteiger partial charge in [0.25, 0.3) is 5.91 Å². The fourth-order valence-electron chi connectivity index (χ4n) is 4.22. The molecule has 1 aliphatic rings. The number of ketones is 1. The molecule has 0 saturated carbocycles. The number of carbonyl (C=O) groups is 3. The molecule has 0 radical (unpaired) electrons. The van der Waals surface area contributed by atoms with E-state index < -0.39 is 67.3 Å². The van der Waals surface area contributed by atoms with Crippen molar-refractivity contribution in [2.75, 3.05) is 6.54 Å². The number of primary amides is 1. The fraction of sp³-hybridized carbons (Fsp3) is 0.304. The summed E-state index contributed by atoms with van der Waals surface area (Å²) in [6, 6.07) is 8.18. The molecule has 1 aromatic heterocycles. The number of carbonyl (C=O) groups excluding carboxylic acids is 3. The summed E-state index contributed by atoms with van der Waals surface area (Å²) in [7, 11) is 0. The molecule has 0 aliphatic carbocycles. The van der Waals surface area contributed by atoms with Gasteiger partial charge < -0.3 is 15.4 Å². The van der Waals surface area contributed by atoms with Gasteiger partial charge in [0.2, 0.25) is 5.91 Å². The van der Waals surface area contributed by atoms with Gasteiger partial charge in [0.05, 0.1) is 18.1 Å². The Hall–Kier alpha value is -4.03. The van der Waals surface area contributed by atoms with Crippen LogP contribution < -0.4 is 10.5 Å². The highest BCUT2D eigenvalue weighted by atomic mass is 19.4. The van der Waals surface area contributed by atoms with Gasteiger partial charge >= 0.3 is 6.36 Å². The monoisotopic (exact) mass is 510 g/mol. The van der Waals surface area contributed by atoms with E-state index in [1.165, 1.54) is 4.68 Å². The number of aromatic nitrogens is 2. The van der Waals surface area contributed by atoms with Crippen molar-refractivity contribution in [3.8, 4) is 5.75 Å². The predicted molar refractivity (Wildman–Crippen MR) is 115 cm³/mol. The molecule has 3 aromatic rings. The second-order valence-corrected chi connectivity index (χ2v) is 8.20. The summed E-state index contributed by atoms with van der Waals surface area (Å²) in [6.45, 7) is -0.843. The third-order valence-electron chi connectivity index (χ3n) is 5.75. The minimum atomic E-state index is -5.13. The Labute approximate surface area is 200 Å². The Balaban J connectivity index is 1.54. The van der Waals surface area contributed by atoms with Gasteiger partial charge in [-0.2, -0.15) is 5.10 Å². The van der Waals surface area contributed by atoms with Gasteiger partial charge in [-0.25, -0.2) is 8.78 Å². The molecule has 0 bridgehead atoms. The van der Waals surface area contributed by atoms with Gasteiger partial charge in [-0.15, -0.1) is 13.2 Å². The first-order valence-electron chi connectivity index (χ1n) is 10.7. The summed E-state index contributed by atoms with van der Waals surface area (Å²) in [5.74, 6) is -4.74. The molecule has 0 spiro atoms. The lowest BCUT2D eigenvalue weighted by atomic mass is 10.0. The van der Waals surface area contributed by atoms with Crippen LogP contribution in [0.15, 0.2) is 42.5 Å². The smallest absolute Gasteiger partial charge is 0.403 e. The minimum Gasteiger partial charge on any atom is -0.403 e. The molecular formula is C23H19F5N4O4. The summed E-state index contributed by atoms with van der Waals surface area (Å²) in [5, 5.41) is 4.48. The molecule has 1 aliphatic heterocycles.